The first-order valence-corrected chi connectivity index (χ1v) is 10.1. The van der Waals surface area contributed by atoms with E-state index in [1.54, 1.807) is 0 Å². The van der Waals surface area contributed by atoms with Gasteiger partial charge in [-0.1, -0.05) is 6.92 Å². The highest BCUT2D eigenvalue weighted by molar-refractivity contribution is 5.80. The average Bonchev–Trinajstić information content (AvgIpc) is 2.66. The minimum atomic E-state index is -1.02. The maximum atomic E-state index is 11.8. The number of nitrogens with one attached hydrogen (secondary N) is 2. The first kappa shape index (κ1) is 27.0. The zero-order valence-corrected chi connectivity index (χ0v) is 17.2. The smallest absolute Gasteiger partial charge is 0.320 e. The van der Waals surface area contributed by atoms with E-state index in [2.05, 4.69) is 10.6 Å². The van der Waals surface area contributed by atoms with E-state index in [1.165, 1.54) is 0 Å². The first-order valence-electron chi connectivity index (χ1n) is 10.1. The number of likely N-dealkylation sites (N-methyl/N-ethyl adjacent to an activating group) is 1. The van der Waals surface area contributed by atoms with Crippen LogP contribution >= 0.6 is 0 Å². The lowest BCUT2D eigenvalue weighted by Crippen LogP contribution is -2.36. The van der Waals surface area contributed by atoms with Crippen LogP contribution in [0, 0.1) is 0 Å². The Morgan fingerprint density at radius 3 is 2.28 bits per heavy atom. The van der Waals surface area contributed by atoms with Crippen molar-refractivity contribution in [2.45, 2.75) is 70.4 Å². The van der Waals surface area contributed by atoms with E-state index in [0.717, 1.165) is 0 Å². The van der Waals surface area contributed by atoms with Gasteiger partial charge in [0.1, 0.15) is 17.9 Å². The summed E-state index contributed by atoms with van der Waals surface area (Å²) < 4.78 is 5.34. The van der Waals surface area contributed by atoms with E-state index in [1.807, 2.05) is 6.92 Å². The Bertz CT molecular complexity index is 514. The van der Waals surface area contributed by atoms with Gasteiger partial charge in [-0.05, 0) is 38.6 Å². The molecule has 0 aliphatic heterocycles. The van der Waals surface area contributed by atoms with E-state index in [4.69, 9.17) is 20.7 Å². The second-order valence-electron chi connectivity index (χ2n) is 6.78. The molecule has 0 heterocycles. The lowest BCUT2D eigenvalue weighted by molar-refractivity contribution is -0.140. The van der Waals surface area contributed by atoms with Crippen LogP contribution in [0.1, 0.15) is 58.3 Å². The Hall–Kier alpha value is -2.04. The predicted molar refractivity (Wildman–Crippen MR) is 106 cm³/mol. The minimum Gasteiger partial charge on any atom is -0.480 e. The molecule has 10 heteroatoms. The molecule has 29 heavy (non-hydrogen) atoms. The minimum absolute atomic E-state index is 0.00175. The van der Waals surface area contributed by atoms with Crippen LogP contribution in [0.15, 0.2) is 0 Å². The number of carbonyl (C=O) groups is 4. The second kappa shape index (κ2) is 16.9. The number of carboxylic acid groups (broad SMARTS) is 2. The van der Waals surface area contributed by atoms with E-state index in [0.29, 0.717) is 51.8 Å². The lowest BCUT2D eigenvalue weighted by atomic mass is 10.1. The molecule has 0 rings (SSSR count). The summed E-state index contributed by atoms with van der Waals surface area (Å²) in [4.78, 5) is 45.0. The first-order chi connectivity index (χ1) is 13.8. The largest absolute Gasteiger partial charge is 0.480 e. The van der Waals surface area contributed by atoms with Crippen molar-refractivity contribution in [3.05, 3.63) is 0 Å². The van der Waals surface area contributed by atoms with Crippen LogP contribution in [0.25, 0.3) is 0 Å². The van der Waals surface area contributed by atoms with Crippen molar-refractivity contribution in [1.82, 2.24) is 10.6 Å². The van der Waals surface area contributed by atoms with Crippen LogP contribution in [0.5, 0.6) is 0 Å². The molecule has 2 atom stereocenters. The molecule has 0 spiro atoms. The van der Waals surface area contributed by atoms with Crippen molar-refractivity contribution in [1.29, 1.82) is 0 Å². The molecule has 0 saturated heterocycles. The summed E-state index contributed by atoms with van der Waals surface area (Å²) in [6.45, 7) is 3.43. The van der Waals surface area contributed by atoms with Gasteiger partial charge in [0, 0.05) is 32.4 Å². The van der Waals surface area contributed by atoms with Crippen molar-refractivity contribution in [3.63, 3.8) is 0 Å². The molecule has 0 fully saturated rings. The fourth-order valence-corrected chi connectivity index (χ4v) is 2.56. The molecule has 0 aromatic rings. The number of aliphatic carboxylic acids is 2. The number of nitrogens with two attached hydrogens (primary N) is 1. The van der Waals surface area contributed by atoms with Crippen molar-refractivity contribution in [2.24, 2.45) is 5.73 Å². The summed E-state index contributed by atoms with van der Waals surface area (Å²) in [5.41, 5.74) is 5.39. The quantitative estimate of drug-likeness (QED) is 0.185. The Morgan fingerprint density at radius 1 is 0.931 bits per heavy atom. The number of ketones is 1. The zero-order valence-electron chi connectivity index (χ0n) is 17.2. The van der Waals surface area contributed by atoms with Crippen LogP contribution in [0.3, 0.4) is 0 Å². The van der Waals surface area contributed by atoms with Gasteiger partial charge in [-0.2, -0.15) is 0 Å². The van der Waals surface area contributed by atoms with Gasteiger partial charge in [0.15, 0.2) is 0 Å². The number of hydrogen-bond acceptors (Lipinski definition) is 7. The number of Topliss-reactive ketones (excluding diaryl/α,β-unsaturated/α-hetero) is 1. The van der Waals surface area contributed by atoms with E-state index >= 15 is 0 Å². The highest BCUT2D eigenvalue weighted by Crippen LogP contribution is 2.04. The normalized spacial score (nSPS) is 12.9. The monoisotopic (exact) mass is 417 g/mol. The molecule has 0 aliphatic rings. The summed E-state index contributed by atoms with van der Waals surface area (Å²) in [5, 5.41) is 23.2. The van der Waals surface area contributed by atoms with Crippen LogP contribution in [0.4, 0.5) is 0 Å². The molecular formula is C19H35N3O7. The maximum absolute atomic E-state index is 11.8. The molecule has 0 saturated carbocycles. The highest BCUT2D eigenvalue weighted by atomic mass is 16.5. The van der Waals surface area contributed by atoms with Crippen LogP contribution in [-0.4, -0.2) is 72.2 Å². The number of carboxylic acids is 2. The van der Waals surface area contributed by atoms with Gasteiger partial charge in [0.25, 0.3) is 0 Å². The third kappa shape index (κ3) is 15.5. The molecule has 0 aromatic heterocycles. The molecule has 0 aromatic carbocycles. The molecular weight excluding hydrogens is 382 g/mol. The third-order valence-corrected chi connectivity index (χ3v) is 4.26. The number of ether oxygens (including phenoxy) is 1. The maximum Gasteiger partial charge on any atom is 0.320 e. The van der Waals surface area contributed by atoms with Gasteiger partial charge in [-0.15, -0.1) is 0 Å². The number of amides is 1. The fraction of sp³-hybridized carbons (Fsp3) is 0.789. The Kier molecular flexibility index (Phi) is 15.7. The second-order valence-corrected chi connectivity index (χ2v) is 6.78. The summed E-state index contributed by atoms with van der Waals surface area (Å²) in [7, 11) is 0. The SMILES string of the molecule is CCNC(CCC(=O)CCCOCCC(=O)NCCCCC(N)C(=O)O)C(=O)O. The molecule has 1 amide bonds. The van der Waals surface area contributed by atoms with Crippen molar-refractivity contribution in [2.75, 3.05) is 26.3 Å². The molecule has 10 nitrogen and oxygen atoms in total. The van der Waals surface area contributed by atoms with Gasteiger partial charge in [-0.3, -0.25) is 19.2 Å². The number of hydrogen-bond donors (Lipinski definition) is 5. The summed E-state index contributed by atoms with van der Waals surface area (Å²) in [6.07, 6.45) is 3.21. The van der Waals surface area contributed by atoms with Crippen LogP contribution in [-0.2, 0) is 23.9 Å². The number of carbonyl (C=O) groups excluding carboxylic acids is 2. The Labute approximate surface area is 171 Å². The van der Waals surface area contributed by atoms with Gasteiger partial charge >= 0.3 is 11.9 Å². The molecule has 0 aliphatic carbocycles. The molecule has 2 unspecified atom stereocenters. The predicted octanol–water partition coefficient (Wildman–Crippen LogP) is 0.284. The van der Waals surface area contributed by atoms with E-state index in [9.17, 15) is 19.2 Å². The van der Waals surface area contributed by atoms with E-state index in [-0.39, 0.29) is 37.6 Å². The number of unbranched alkanes of at least 4 members (excludes halogenated alkanes) is 1. The van der Waals surface area contributed by atoms with Crippen molar-refractivity contribution < 1.29 is 34.1 Å². The third-order valence-electron chi connectivity index (χ3n) is 4.26. The molecule has 168 valence electrons. The highest BCUT2D eigenvalue weighted by Gasteiger charge is 2.17. The molecule has 6 N–H and O–H groups in total. The lowest BCUT2D eigenvalue weighted by Gasteiger charge is -2.12. The summed E-state index contributed by atoms with van der Waals surface area (Å²) in [5.74, 6) is -2.12. The van der Waals surface area contributed by atoms with Gasteiger partial charge < -0.3 is 31.3 Å². The standard InChI is InChI=1S/C19H35N3O7/c1-2-21-16(19(27)28)9-8-14(23)6-5-12-29-13-10-17(24)22-11-4-3-7-15(20)18(25)26/h15-16,21H,2-13,20H2,1H3,(H,22,24)(H,25,26)(H,27,28). The van der Waals surface area contributed by atoms with Gasteiger partial charge in [0.2, 0.25) is 5.91 Å². The average molecular weight is 418 g/mol. The van der Waals surface area contributed by atoms with Gasteiger partial charge in [0.05, 0.1) is 6.61 Å². The zero-order chi connectivity index (χ0) is 22.1. The van der Waals surface area contributed by atoms with Crippen LogP contribution < -0.4 is 16.4 Å². The van der Waals surface area contributed by atoms with Crippen LogP contribution in [0.2, 0.25) is 0 Å². The Morgan fingerprint density at radius 2 is 1.66 bits per heavy atom. The van der Waals surface area contributed by atoms with Crippen molar-refractivity contribution >= 4 is 23.6 Å². The van der Waals surface area contributed by atoms with E-state index < -0.39 is 24.0 Å². The topological polar surface area (TPSA) is 168 Å². The molecule has 0 bridgehead atoms. The van der Waals surface area contributed by atoms with Crippen molar-refractivity contribution in [3.8, 4) is 0 Å². The Balaban J connectivity index is 3.59. The summed E-state index contributed by atoms with van der Waals surface area (Å²) in [6, 6.07) is -1.56. The molecule has 0 radical (unpaired) electrons. The van der Waals surface area contributed by atoms with Gasteiger partial charge in [-0.25, -0.2) is 0 Å². The summed E-state index contributed by atoms with van der Waals surface area (Å²) >= 11 is 0. The number of rotatable bonds is 19. The fourth-order valence-electron chi connectivity index (χ4n) is 2.56.